The molecule has 0 aromatic rings. The number of rotatable bonds is 1. The monoisotopic (exact) mass is 246 g/mol. The largest absolute Gasteiger partial charge is 0.355 e. The number of nitrogens with one attached hydrogen (secondary N) is 1. The van der Waals surface area contributed by atoms with Crippen molar-refractivity contribution >= 4 is 11.8 Å². The second kappa shape index (κ2) is 4.58. The predicted molar refractivity (Wildman–Crippen MR) is 56.5 cm³/mol. The zero-order chi connectivity index (χ0) is 12.5. The Kier molecular flexibility index (Phi) is 3.31. The summed E-state index contributed by atoms with van der Waals surface area (Å²) in [5.41, 5.74) is 0. The van der Waals surface area contributed by atoms with Crippen LogP contribution in [0.1, 0.15) is 25.7 Å². The molecule has 1 N–H and O–H groups in total. The molecular formula is C11H16F2N2O2. The SMILES string of the molecule is O=C1CCC(C(=O)N2CCC(F)(F)CC2)CN1. The van der Waals surface area contributed by atoms with Gasteiger partial charge in [-0.15, -0.1) is 0 Å². The van der Waals surface area contributed by atoms with Gasteiger partial charge in [0.15, 0.2) is 0 Å². The molecule has 0 radical (unpaired) electrons. The van der Waals surface area contributed by atoms with Gasteiger partial charge in [0.05, 0.1) is 5.92 Å². The van der Waals surface area contributed by atoms with E-state index in [-0.39, 0.29) is 43.7 Å². The van der Waals surface area contributed by atoms with Gasteiger partial charge in [-0.25, -0.2) is 8.78 Å². The lowest BCUT2D eigenvalue weighted by Gasteiger charge is -2.35. The van der Waals surface area contributed by atoms with Gasteiger partial charge in [0.1, 0.15) is 0 Å². The molecule has 2 rings (SSSR count). The van der Waals surface area contributed by atoms with Gasteiger partial charge in [-0.05, 0) is 6.42 Å². The van der Waals surface area contributed by atoms with E-state index in [1.165, 1.54) is 4.90 Å². The molecule has 2 aliphatic rings. The van der Waals surface area contributed by atoms with Crippen molar-refractivity contribution in [3.63, 3.8) is 0 Å². The van der Waals surface area contributed by atoms with Crippen molar-refractivity contribution in [1.82, 2.24) is 10.2 Å². The van der Waals surface area contributed by atoms with Crippen molar-refractivity contribution in [2.45, 2.75) is 31.6 Å². The zero-order valence-corrected chi connectivity index (χ0v) is 9.55. The van der Waals surface area contributed by atoms with Crippen LogP contribution in [0.2, 0.25) is 0 Å². The van der Waals surface area contributed by atoms with Crippen LogP contribution < -0.4 is 5.32 Å². The number of hydrogen-bond donors (Lipinski definition) is 1. The fraction of sp³-hybridized carbons (Fsp3) is 0.818. The molecule has 0 saturated carbocycles. The average molecular weight is 246 g/mol. The van der Waals surface area contributed by atoms with Crippen LogP contribution in [0.3, 0.4) is 0 Å². The molecule has 2 fully saturated rings. The van der Waals surface area contributed by atoms with Crippen molar-refractivity contribution in [2.24, 2.45) is 5.92 Å². The number of carbonyl (C=O) groups excluding carboxylic acids is 2. The van der Waals surface area contributed by atoms with E-state index < -0.39 is 5.92 Å². The quantitative estimate of drug-likeness (QED) is 0.743. The van der Waals surface area contributed by atoms with E-state index in [2.05, 4.69) is 5.32 Å². The highest BCUT2D eigenvalue weighted by molar-refractivity contribution is 5.83. The molecule has 2 saturated heterocycles. The third-order valence-electron chi connectivity index (χ3n) is 3.42. The molecule has 0 spiro atoms. The lowest BCUT2D eigenvalue weighted by Crippen LogP contribution is -2.49. The van der Waals surface area contributed by atoms with Gasteiger partial charge in [-0.1, -0.05) is 0 Å². The first kappa shape index (κ1) is 12.3. The minimum atomic E-state index is -2.63. The molecule has 2 heterocycles. The first-order valence-electron chi connectivity index (χ1n) is 5.91. The fourth-order valence-corrected chi connectivity index (χ4v) is 2.26. The van der Waals surface area contributed by atoms with Crippen LogP contribution in [0.15, 0.2) is 0 Å². The predicted octanol–water partition coefficient (Wildman–Crippen LogP) is 0.770. The summed E-state index contributed by atoms with van der Waals surface area (Å²) < 4.78 is 25.9. The van der Waals surface area contributed by atoms with Crippen molar-refractivity contribution in [3.05, 3.63) is 0 Å². The molecule has 96 valence electrons. The van der Waals surface area contributed by atoms with Gasteiger partial charge in [0.2, 0.25) is 11.8 Å². The first-order chi connectivity index (χ1) is 7.98. The molecular weight excluding hydrogens is 230 g/mol. The highest BCUT2D eigenvalue weighted by atomic mass is 19.3. The van der Waals surface area contributed by atoms with Crippen LogP contribution in [0, 0.1) is 5.92 Å². The number of alkyl halides is 2. The summed E-state index contributed by atoms with van der Waals surface area (Å²) in [6.07, 6.45) is 0.369. The van der Waals surface area contributed by atoms with E-state index in [1.54, 1.807) is 0 Å². The lowest BCUT2D eigenvalue weighted by molar-refractivity contribution is -0.142. The van der Waals surface area contributed by atoms with E-state index in [1.807, 2.05) is 0 Å². The van der Waals surface area contributed by atoms with Gasteiger partial charge in [0, 0.05) is 38.9 Å². The van der Waals surface area contributed by atoms with Crippen LogP contribution in [-0.4, -0.2) is 42.3 Å². The highest BCUT2D eigenvalue weighted by Crippen LogP contribution is 2.28. The Morgan fingerprint density at radius 1 is 1.35 bits per heavy atom. The van der Waals surface area contributed by atoms with Crippen LogP contribution >= 0.6 is 0 Å². The lowest BCUT2D eigenvalue weighted by atomic mass is 9.96. The zero-order valence-electron chi connectivity index (χ0n) is 9.55. The van der Waals surface area contributed by atoms with E-state index in [9.17, 15) is 18.4 Å². The van der Waals surface area contributed by atoms with Gasteiger partial charge in [-0.3, -0.25) is 9.59 Å². The van der Waals surface area contributed by atoms with Gasteiger partial charge < -0.3 is 10.2 Å². The van der Waals surface area contributed by atoms with Crippen molar-refractivity contribution in [3.8, 4) is 0 Å². The standard InChI is InChI=1S/C11H16F2N2O2/c12-11(13)3-5-15(6-4-11)10(17)8-1-2-9(16)14-7-8/h8H,1-7H2,(H,14,16). The second-order valence-electron chi connectivity index (χ2n) is 4.72. The van der Waals surface area contributed by atoms with Crippen LogP contribution in [0.5, 0.6) is 0 Å². The molecule has 4 nitrogen and oxygen atoms in total. The molecule has 17 heavy (non-hydrogen) atoms. The number of halogens is 2. The molecule has 0 aliphatic carbocycles. The third kappa shape index (κ3) is 2.92. The summed E-state index contributed by atoms with van der Waals surface area (Å²) in [6.45, 7) is 0.580. The second-order valence-corrected chi connectivity index (χ2v) is 4.72. The first-order valence-corrected chi connectivity index (χ1v) is 5.91. The van der Waals surface area contributed by atoms with Crippen molar-refractivity contribution in [1.29, 1.82) is 0 Å². The Hall–Kier alpha value is -1.20. The molecule has 1 unspecified atom stereocenters. The van der Waals surface area contributed by atoms with E-state index in [4.69, 9.17) is 0 Å². The Balaban J connectivity index is 1.86. The fourth-order valence-electron chi connectivity index (χ4n) is 2.26. The Morgan fingerprint density at radius 2 is 2.00 bits per heavy atom. The van der Waals surface area contributed by atoms with Crippen molar-refractivity contribution in [2.75, 3.05) is 19.6 Å². The summed E-state index contributed by atoms with van der Waals surface area (Å²) in [5.74, 6) is -3.00. The summed E-state index contributed by atoms with van der Waals surface area (Å²) in [4.78, 5) is 24.5. The Morgan fingerprint density at radius 3 is 2.53 bits per heavy atom. The number of nitrogens with zero attached hydrogens (tertiary/aromatic N) is 1. The minimum Gasteiger partial charge on any atom is -0.355 e. The van der Waals surface area contributed by atoms with Crippen molar-refractivity contribution < 1.29 is 18.4 Å². The summed E-state index contributed by atoms with van der Waals surface area (Å²) in [5, 5.41) is 2.63. The topological polar surface area (TPSA) is 49.4 Å². The van der Waals surface area contributed by atoms with Crippen LogP contribution in [-0.2, 0) is 9.59 Å². The van der Waals surface area contributed by atoms with Gasteiger partial charge in [-0.2, -0.15) is 0 Å². The maximum atomic E-state index is 12.9. The summed E-state index contributed by atoms with van der Waals surface area (Å²) in [7, 11) is 0. The number of carbonyl (C=O) groups is 2. The molecule has 6 heteroatoms. The Labute approximate surface area is 98.3 Å². The maximum absolute atomic E-state index is 12.9. The van der Waals surface area contributed by atoms with E-state index in [0.29, 0.717) is 19.4 Å². The number of amides is 2. The molecule has 0 aromatic carbocycles. The molecule has 0 aromatic heterocycles. The van der Waals surface area contributed by atoms with E-state index >= 15 is 0 Å². The Bertz CT molecular complexity index is 313. The summed E-state index contributed by atoms with van der Waals surface area (Å²) >= 11 is 0. The van der Waals surface area contributed by atoms with Crippen LogP contribution in [0.25, 0.3) is 0 Å². The van der Waals surface area contributed by atoms with Gasteiger partial charge in [0.25, 0.3) is 5.92 Å². The summed E-state index contributed by atoms with van der Waals surface area (Å²) in [6, 6.07) is 0. The van der Waals surface area contributed by atoms with Crippen LogP contribution in [0.4, 0.5) is 8.78 Å². The average Bonchev–Trinajstić information content (AvgIpc) is 2.29. The molecule has 0 bridgehead atoms. The maximum Gasteiger partial charge on any atom is 0.251 e. The number of hydrogen-bond acceptors (Lipinski definition) is 2. The molecule has 2 amide bonds. The smallest absolute Gasteiger partial charge is 0.251 e. The normalized spacial score (nSPS) is 28.7. The van der Waals surface area contributed by atoms with Gasteiger partial charge >= 0.3 is 0 Å². The third-order valence-corrected chi connectivity index (χ3v) is 3.42. The molecule has 2 aliphatic heterocycles. The highest BCUT2D eigenvalue weighted by Gasteiger charge is 2.37. The molecule has 1 atom stereocenters. The minimum absolute atomic E-state index is 0.0424. The number of piperidine rings is 2. The van der Waals surface area contributed by atoms with E-state index in [0.717, 1.165) is 0 Å². The number of likely N-dealkylation sites (tertiary alicyclic amines) is 1.